The summed E-state index contributed by atoms with van der Waals surface area (Å²) in [7, 11) is 0. The van der Waals surface area contributed by atoms with E-state index in [1.165, 1.54) is 22.4 Å². The molecule has 5 rings (SSSR count). The predicted octanol–water partition coefficient (Wildman–Crippen LogP) is 3.06. The third-order valence-electron chi connectivity index (χ3n) is 6.23. The van der Waals surface area contributed by atoms with Gasteiger partial charge >= 0.3 is 0 Å². The van der Waals surface area contributed by atoms with E-state index in [2.05, 4.69) is 52.1 Å². The molecule has 2 aliphatic heterocycles. The zero-order valence-electron chi connectivity index (χ0n) is 16.4. The monoisotopic (exact) mass is 392 g/mol. The van der Waals surface area contributed by atoms with E-state index < -0.39 is 0 Å². The molecule has 29 heavy (non-hydrogen) atoms. The van der Waals surface area contributed by atoms with Crippen LogP contribution in [0.3, 0.4) is 0 Å². The van der Waals surface area contributed by atoms with Gasteiger partial charge in [0.25, 0.3) is 0 Å². The molecule has 4 heterocycles. The molecule has 2 aromatic heterocycles. The number of hydrogen-bond donors (Lipinski definition) is 1. The van der Waals surface area contributed by atoms with E-state index >= 15 is 0 Å². The highest BCUT2D eigenvalue weighted by Gasteiger charge is 2.40. The summed E-state index contributed by atoms with van der Waals surface area (Å²) in [5, 5.41) is 1.77. The molecule has 0 bridgehead atoms. The van der Waals surface area contributed by atoms with Gasteiger partial charge in [0, 0.05) is 49.6 Å². The summed E-state index contributed by atoms with van der Waals surface area (Å²) >= 11 is 0. The number of carbonyl (C=O) groups excluding carboxylic acids is 1. The Balaban J connectivity index is 1.36. The second-order valence-corrected chi connectivity index (χ2v) is 7.85. The Kier molecular flexibility index (Phi) is 4.49. The fourth-order valence-corrected chi connectivity index (χ4v) is 4.56. The third kappa shape index (κ3) is 3.26. The Morgan fingerprint density at radius 3 is 2.90 bits per heavy atom. The molecule has 1 saturated heterocycles. The number of pyridine rings is 1. The van der Waals surface area contributed by atoms with E-state index in [4.69, 9.17) is 9.68 Å². The lowest BCUT2D eigenvalue weighted by atomic mass is 9.83. The highest BCUT2D eigenvalue weighted by atomic mass is 16.8. The molecule has 0 atom stereocenters. The molecule has 1 spiro atoms. The largest absolute Gasteiger partial charge is 0.487 e. The molecule has 0 unspecified atom stereocenters. The van der Waals surface area contributed by atoms with Gasteiger partial charge in [0.1, 0.15) is 17.0 Å². The third-order valence-corrected chi connectivity index (χ3v) is 6.23. The van der Waals surface area contributed by atoms with Crippen molar-refractivity contribution in [3.63, 3.8) is 0 Å². The molecular weight excluding hydrogens is 368 g/mol. The van der Waals surface area contributed by atoms with Gasteiger partial charge in [-0.2, -0.15) is 10.0 Å². The van der Waals surface area contributed by atoms with Gasteiger partial charge < -0.3 is 9.14 Å². The van der Waals surface area contributed by atoms with Crippen LogP contribution in [0.5, 0.6) is 5.75 Å². The second kappa shape index (κ2) is 7.17. The zero-order valence-corrected chi connectivity index (χ0v) is 16.4. The molecule has 0 saturated carbocycles. The van der Waals surface area contributed by atoms with Crippen LogP contribution in [0.15, 0.2) is 42.7 Å². The summed E-state index contributed by atoms with van der Waals surface area (Å²) < 4.78 is 8.63. The molecule has 1 aromatic carbocycles. The average molecular weight is 392 g/mol. The van der Waals surface area contributed by atoms with Crippen LogP contribution in [0, 0.1) is 6.92 Å². The van der Waals surface area contributed by atoms with Gasteiger partial charge in [0.15, 0.2) is 0 Å². The summed E-state index contributed by atoms with van der Waals surface area (Å²) in [6.07, 6.45) is 8.14. The van der Waals surface area contributed by atoms with Gasteiger partial charge in [0.2, 0.25) is 6.41 Å². The van der Waals surface area contributed by atoms with E-state index in [0.717, 1.165) is 50.2 Å². The first-order valence-corrected chi connectivity index (χ1v) is 10.0. The van der Waals surface area contributed by atoms with Crippen LogP contribution in [-0.2, 0) is 16.2 Å². The number of piperidine rings is 1. The van der Waals surface area contributed by atoms with E-state index in [0.29, 0.717) is 6.41 Å². The van der Waals surface area contributed by atoms with E-state index in [-0.39, 0.29) is 5.60 Å². The second-order valence-electron chi connectivity index (χ2n) is 7.85. The minimum Gasteiger partial charge on any atom is -0.487 e. The van der Waals surface area contributed by atoms with Crippen molar-refractivity contribution in [3.05, 3.63) is 54.0 Å². The molecule has 1 amide bonds. The highest BCUT2D eigenvalue weighted by molar-refractivity contribution is 5.70. The Hall–Kier alpha value is -2.90. The first-order chi connectivity index (χ1) is 14.2. The Bertz CT molecular complexity index is 1050. The standard InChI is InChI=1S/C22H24N4O3/c1-16-19(3-5-21-23-10-13-26(16)21)17-2-4-20-18(14-17)6-7-22(28-20)8-11-25(12-9-22)29-24-15-27/h2-5,10,13-15H,6-9,11-12H2,1H3,(H,24,27). The first-order valence-electron chi connectivity index (χ1n) is 10.0. The number of fused-ring (bicyclic) bond motifs is 2. The number of nitrogens with zero attached hydrogens (tertiary/aromatic N) is 3. The van der Waals surface area contributed by atoms with Gasteiger partial charge in [-0.1, -0.05) is 6.07 Å². The molecular formula is C22H24N4O3. The van der Waals surface area contributed by atoms with Crippen LogP contribution in [0.25, 0.3) is 16.8 Å². The van der Waals surface area contributed by atoms with Crippen LogP contribution in [-0.4, -0.2) is 39.5 Å². The number of aromatic nitrogens is 2. The predicted molar refractivity (Wildman–Crippen MR) is 108 cm³/mol. The summed E-state index contributed by atoms with van der Waals surface area (Å²) in [4.78, 5) is 19.9. The smallest absolute Gasteiger partial charge is 0.232 e. The van der Waals surface area contributed by atoms with Crippen molar-refractivity contribution in [2.75, 3.05) is 13.1 Å². The molecule has 150 valence electrons. The Morgan fingerprint density at radius 2 is 2.07 bits per heavy atom. The van der Waals surface area contributed by atoms with Gasteiger partial charge in [0.05, 0.1) is 0 Å². The molecule has 0 aliphatic carbocycles. The lowest BCUT2D eigenvalue weighted by Crippen LogP contribution is -2.50. The van der Waals surface area contributed by atoms with Gasteiger partial charge in [-0.25, -0.2) is 10.5 Å². The van der Waals surface area contributed by atoms with Gasteiger partial charge in [-0.05, 0) is 55.2 Å². The van der Waals surface area contributed by atoms with Crippen LogP contribution >= 0.6 is 0 Å². The lowest BCUT2D eigenvalue weighted by Gasteiger charge is -2.43. The first kappa shape index (κ1) is 18.1. The highest BCUT2D eigenvalue weighted by Crippen LogP contribution is 2.41. The molecule has 1 fully saturated rings. The maximum Gasteiger partial charge on any atom is 0.232 e. The van der Waals surface area contributed by atoms with Crippen molar-refractivity contribution in [2.24, 2.45) is 0 Å². The van der Waals surface area contributed by atoms with Crippen molar-refractivity contribution in [3.8, 4) is 16.9 Å². The number of nitrogens with one attached hydrogen (secondary N) is 1. The van der Waals surface area contributed by atoms with Crippen molar-refractivity contribution in [1.82, 2.24) is 19.9 Å². The SMILES string of the molecule is Cc1c(-c2ccc3c(c2)CCC2(CCN(ONC=O)CC2)O3)ccc2nccn12. The van der Waals surface area contributed by atoms with Crippen LogP contribution < -0.4 is 10.2 Å². The lowest BCUT2D eigenvalue weighted by molar-refractivity contribution is -0.227. The number of ether oxygens (including phenoxy) is 1. The molecule has 3 aromatic rings. The van der Waals surface area contributed by atoms with Crippen molar-refractivity contribution < 1.29 is 14.5 Å². The van der Waals surface area contributed by atoms with E-state index in [1.807, 2.05) is 12.4 Å². The number of rotatable bonds is 4. The number of amides is 1. The fourth-order valence-electron chi connectivity index (χ4n) is 4.56. The van der Waals surface area contributed by atoms with E-state index in [9.17, 15) is 4.79 Å². The number of imidazole rings is 1. The number of benzene rings is 1. The van der Waals surface area contributed by atoms with Gasteiger partial charge in [-0.15, -0.1) is 0 Å². The number of hydroxylamine groups is 3. The Morgan fingerprint density at radius 1 is 1.21 bits per heavy atom. The maximum absolute atomic E-state index is 10.4. The molecule has 7 heteroatoms. The number of carbonyl (C=O) groups is 1. The minimum atomic E-state index is -0.138. The average Bonchev–Trinajstić information content (AvgIpc) is 3.23. The number of hydrogen-bond acceptors (Lipinski definition) is 5. The van der Waals surface area contributed by atoms with Crippen molar-refractivity contribution in [1.29, 1.82) is 0 Å². The summed E-state index contributed by atoms with van der Waals surface area (Å²) in [6.45, 7) is 3.60. The summed E-state index contributed by atoms with van der Waals surface area (Å²) in [5.41, 5.74) is 7.96. The van der Waals surface area contributed by atoms with Crippen LogP contribution in [0.2, 0.25) is 0 Å². The van der Waals surface area contributed by atoms with Gasteiger partial charge in [-0.3, -0.25) is 4.79 Å². The Labute approximate surface area is 169 Å². The number of aryl methyl sites for hydroxylation is 2. The van der Waals surface area contributed by atoms with Crippen LogP contribution in [0.4, 0.5) is 0 Å². The zero-order chi connectivity index (χ0) is 19.8. The fraction of sp³-hybridized carbons (Fsp3) is 0.364. The molecule has 1 N–H and O–H groups in total. The molecule has 0 radical (unpaired) electrons. The topological polar surface area (TPSA) is 68.1 Å². The summed E-state index contributed by atoms with van der Waals surface area (Å²) in [6, 6.07) is 10.7. The quantitative estimate of drug-likeness (QED) is 0.546. The van der Waals surface area contributed by atoms with E-state index in [1.54, 1.807) is 5.06 Å². The normalized spacial score (nSPS) is 18.4. The molecule has 2 aliphatic rings. The van der Waals surface area contributed by atoms with Crippen molar-refractivity contribution >= 4 is 12.1 Å². The maximum atomic E-state index is 10.4. The minimum absolute atomic E-state index is 0.138. The molecule has 7 nitrogen and oxygen atoms in total. The van der Waals surface area contributed by atoms with Crippen LogP contribution in [0.1, 0.15) is 30.5 Å². The van der Waals surface area contributed by atoms with Crippen molar-refractivity contribution in [2.45, 2.75) is 38.2 Å². The summed E-state index contributed by atoms with van der Waals surface area (Å²) in [5.74, 6) is 0.988.